The highest BCUT2D eigenvalue weighted by Crippen LogP contribution is 2.38. The number of nitrogens with one attached hydrogen (secondary N) is 1. The zero-order valence-electron chi connectivity index (χ0n) is 9.82. The third-order valence-corrected chi connectivity index (χ3v) is 3.16. The Morgan fingerprint density at radius 2 is 2.26 bits per heavy atom. The monoisotopic (exact) mass is 275 g/mol. The summed E-state index contributed by atoms with van der Waals surface area (Å²) in [5.74, 6) is -1.12. The number of aromatic nitrogens is 2. The number of halogens is 1. The maximum absolute atomic E-state index is 13.0. The van der Waals surface area contributed by atoms with E-state index in [-0.39, 0.29) is 0 Å². The fourth-order valence-corrected chi connectivity index (χ4v) is 2.08. The Morgan fingerprint density at radius 3 is 2.79 bits per heavy atom. The summed E-state index contributed by atoms with van der Waals surface area (Å²) >= 11 is 0. The molecule has 0 radical (unpaired) electrons. The highest BCUT2D eigenvalue weighted by molar-refractivity contribution is 4.98. The van der Waals surface area contributed by atoms with Gasteiger partial charge in [0.25, 0.3) is 5.56 Å². The molecule has 1 aliphatic heterocycles. The molecule has 1 aromatic rings. The molecule has 0 amide bonds. The van der Waals surface area contributed by atoms with Gasteiger partial charge in [0.05, 0.1) is 19.2 Å². The summed E-state index contributed by atoms with van der Waals surface area (Å²) in [6.07, 6.45) is -1.57. The van der Waals surface area contributed by atoms with Gasteiger partial charge in [0.2, 0.25) is 0 Å². The van der Waals surface area contributed by atoms with Crippen molar-refractivity contribution in [3.05, 3.63) is 33.1 Å². The molecular weight excluding hydrogens is 261 g/mol. The van der Waals surface area contributed by atoms with Gasteiger partial charge in [-0.3, -0.25) is 24.5 Å². The summed E-state index contributed by atoms with van der Waals surface area (Å²) < 4.78 is 19.1. The molecule has 0 aromatic carbocycles. The van der Waals surface area contributed by atoms with Gasteiger partial charge in [-0.2, -0.15) is 0 Å². The number of aliphatic hydroxyl groups is 2. The predicted octanol–water partition coefficient (Wildman–Crippen LogP) is -2.34. The number of H-pyrrole nitrogens is 1. The Morgan fingerprint density at radius 1 is 1.58 bits per heavy atom. The van der Waals surface area contributed by atoms with E-state index in [1.165, 1.54) is 0 Å². The number of hydrogen-bond acceptors (Lipinski definition) is 6. The molecule has 9 heteroatoms. The molecule has 0 aliphatic carbocycles. The number of aliphatic hydroxyl groups excluding tert-OH is 2. The molecule has 1 saturated heterocycles. The molecule has 2 heterocycles. The van der Waals surface area contributed by atoms with Crippen LogP contribution >= 0.6 is 0 Å². The molecule has 1 aromatic heterocycles. The van der Waals surface area contributed by atoms with Crippen molar-refractivity contribution in [2.75, 3.05) is 13.3 Å². The standard InChI is InChI=1S/C10H14FN3O5/c11-3-5-7(17)10(12,4-15)19-8(5)14-2-1-6(16)13-9(14)18/h1-2,5,7-8,15,17H,3-4,12H2,(H,13,16,18)/t5-,7-,8+,10+/m0/s1. The average molecular weight is 275 g/mol. The Labute approximate surface area is 106 Å². The van der Waals surface area contributed by atoms with Crippen molar-refractivity contribution in [2.45, 2.75) is 18.1 Å². The van der Waals surface area contributed by atoms with Crippen LogP contribution in [0.1, 0.15) is 6.23 Å². The topological polar surface area (TPSA) is 131 Å². The van der Waals surface area contributed by atoms with Crippen molar-refractivity contribution in [1.29, 1.82) is 0 Å². The second-order valence-electron chi connectivity index (χ2n) is 4.40. The van der Waals surface area contributed by atoms with Crippen LogP contribution in [0.25, 0.3) is 0 Å². The van der Waals surface area contributed by atoms with Crippen LogP contribution in [0.2, 0.25) is 0 Å². The summed E-state index contributed by atoms with van der Waals surface area (Å²) in [6.45, 7) is -1.74. The summed E-state index contributed by atoms with van der Waals surface area (Å²) in [6, 6.07) is 1.06. The van der Waals surface area contributed by atoms with Crippen LogP contribution in [0.4, 0.5) is 4.39 Å². The van der Waals surface area contributed by atoms with E-state index in [0.29, 0.717) is 0 Å². The van der Waals surface area contributed by atoms with E-state index < -0.39 is 48.5 Å². The fraction of sp³-hybridized carbons (Fsp3) is 0.600. The highest BCUT2D eigenvalue weighted by Gasteiger charge is 2.53. The maximum atomic E-state index is 13.0. The molecule has 0 bridgehead atoms. The fourth-order valence-electron chi connectivity index (χ4n) is 2.08. The molecule has 19 heavy (non-hydrogen) atoms. The van der Waals surface area contributed by atoms with Crippen LogP contribution in [0.15, 0.2) is 21.9 Å². The Bertz CT molecular complexity index is 573. The third kappa shape index (κ3) is 2.21. The first-order chi connectivity index (χ1) is 8.92. The lowest BCUT2D eigenvalue weighted by Crippen LogP contribution is -2.53. The van der Waals surface area contributed by atoms with Gasteiger partial charge in [0.1, 0.15) is 12.3 Å². The van der Waals surface area contributed by atoms with Crippen LogP contribution in [0.5, 0.6) is 0 Å². The second-order valence-corrected chi connectivity index (χ2v) is 4.40. The molecule has 2 rings (SSSR count). The molecule has 1 fully saturated rings. The lowest BCUT2D eigenvalue weighted by atomic mass is 9.98. The minimum absolute atomic E-state index is 0.613. The second kappa shape index (κ2) is 4.85. The van der Waals surface area contributed by atoms with E-state index in [1.54, 1.807) is 0 Å². The van der Waals surface area contributed by atoms with Crippen molar-refractivity contribution < 1.29 is 19.3 Å². The molecular formula is C10H14FN3O5. The molecule has 8 nitrogen and oxygen atoms in total. The summed E-state index contributed by atoms with van der Waals surface area (Å²) in [7, 11) is 0. The van der Waals surface area contributed by atoms with E-state index in [9.17, 15) is 19.1 Å². The number of nitrogens with two attached hydrogens (primary N) is 1. The van der Waals surface area contributed by atoms with Crippen LogP contribution in [-0.4, -0.2) is 44.9 Å². The lowest BCUT2D eigenvalue weighted by Gasteiger charge is -2.24. The summed E-state index contributed by atoms with van der Waals surface area (Å²) in [5.41, 5.74) is 2.32. The van der Waals surface area contributed by atoms with Gasteiger partial charge in [0.15, 0.2) is 5.72 Å². The molecule has 5 N–H and O–H groups in total. The lowest BCUT2D eigenvalue weighted by molar-refractivity contribution is -0.125. The third-order valence-electron chi connectivity index (χ3n) is 3.16. The Hall–Kier alpha value is -1.55. The largest absolute Gasteiger partial charge is 0.392 e. The normalized spacial score (nSPS) is 34.6. The van der Waals surface area contributed by atoms with Crippen LogP contribution < -0.4 is 17.0 Å². The Balaban J connectivity index is 2.44. The van der Waals surface area contributed by atoms with Gasteiger partial charge < -0.3 is 14.9 Å². The molecule has 106 valence electrons. The van der Waals surface area contributed by atoms with Crippen LogP contribution in [-0.2, 0) is 4.74 Å². The zero-order chi connectivity index (χ0) is 14.2. The predicted molar refractivity (Wildman–Crippen MR) is 60.9 cm³/mol. The van der Waals surface area contributed by atoms with Crippen molar-refractivity contribution in [2.24, 2.45) is 11.7 Å². The van der Waals surface area contributed by atoms with Crippen molar-refractivity contribution >= 4 is 0 Å². The number of ether oxygens (including phenoxy) is 1. The highest BCUT2D eigenvalue weighted by atomic mass is 19.1. The van der Waals surface area contributed by atoms with E-state index in [0.717, 1.165) is 16.8 Å². The first kappa shape index (κ1) is 13.9. The molecule has 1 aliphatic rings. The molecule has 4 atom stereocenters. The summed E-state index contributed by atoms with van der Waals surface area (Å²) in [4.78, 5) is 24.6. The van der Waals surface area contributed by atoms with E-state index in [2.05, 4.69) is 0 Å². The van der Waals surface area contributed by atoms with Crippen LogP contribution in [0, 0.1) is 5.92 Å². The van der Waals surface area contributed by atoms with Crippen molar-refractivity contribution in [1.82, 2.24) is 9.55 Å². The average Bonchev–Trinajstić information content (AvgIpc) is 2.62. The minimum atomic E-state index is -1.85. The van der Waals surface area contributed by atoms with E-state index in [1.807, 2.05) is 4.98 Å². The van der Waals surface area contributed by atoms with Gasteiger partial charge in [-0.15, -0.1) is 0 Å². The van der Waals surface area contributed by atoms with E-state index in [4.69, 9.17) is 15.6 Å². The van der Waals surface area contributed by atoms with E-state index >= 15 is 0 Å². The van der Waals surface area contributed by atoms with Gasteiger partial charge >= 0.3 is 5.69 Å². The number of rotatable bonds is 3. The first-order valence-corrected chi connectivity index (χ1v) is 5.56. The van der Waals surface area contributed by atoms with Gasteiger partial charge in [-0.05, 0) is 0 Å². The number of nitrogens with zero attached hydrogens (tertiary/aromatic N) is 1. The number of hydrogen-bond donors (Lipinski definition) is 4. The number of aromatic amines is 1. The van der Waals surface area contributed by atoms with Gasteiger partial charge in [0, 0.05) is 12.3 Å². The maximum Gasteiger partial charge on any atom is 0.330 e. The Kier molecular flexibility index (Phi) is 3.54. The number of alkyl halides is 1. The van der Waals surface area contributed by atoms with Crippen molar-refractivity contribution in [3.63, 3.8) is 0 Å². The zero-order valence-corrected chi connectivity index (χ0v) is 9.82. The first-order valence-electron chi connectivity index (χ1n) is 5.56. The van der Waals surface area contributed by atoms with Gasteiger partial charge in [-0.25, -0.2) is 4.79 Å². The quantitative estimate of drug-likeness (QED) is 0.489. The molecule has 0 saturated carbocycles. The smallest absolute Gasteiger partial charge is 0.330 e. The van der Waals surface area contributed by atoms with Crippen molar-refractivity contribution in [3.8, 4) is 0 Å². The van der Waals surface area contributed by atoms with Gasteiger partial charge in [-0.1, -0.05) is 0 Å². The SMILES string of the molecule is N[C@]1(CO)O[C@@H](n2ccc(=O)[nH]c2=O)[C@@H](CF)[C@@H]1O. The summed E-state index contributed by atoms with van der Waals surface area (Å²) in [5, 5.41) is 19.0. The molecule has 0 spiro atoms. The molecule has 0 unspecified atom stereocenters. The minimum Gasteiger partial charge on any atom is -0.392 e. The van der Waals surface area contributed by atoms with Crippen LogP contribution in [0.3, 0.4) is 0 Å².